The van der Waals surface area contributed by atoms with Gasteiger partial charge in [0, 0.05) is 11.4 Å². The van der Waals surface area contributed by atoms with E-state index in [1.165, 1.54) is 11.3 Å². The van der Waals surface area contributed by atoms with E-state index in [-0.39, 0.29) is 11.9 Å². The number of carbonyl (C=O) groups excluding carboxylic acids is 1. The van der Waals surface area contributed by atoms with Crippen molar-refractivity contribution in [2.75, 3.05) is 7.11 Å². The monoisotopic (exact) mass is 331 g/mol. The normalized spacial score (nSPS) is 12.4. The molecule has 0 saturated carbocycles. The highest BCUT2D eigenvalue weighted by Crippen LogP contribution is 2.42. The van der Waals surface area contributed by atoms with Gasteiger partial charge in [-0.2, -0.15) is 0 Å². The van der Waals surface area contributed by atoms with Crippen LogP contribution in [0, 0.1) is 0 Å². The Kier molecular flexibility index (Phi) is 4.78. The first kappa shape index (κ1) is 15.4. The van der Waals surface area contributed by atoms with Crippen LogP contribution in [0.15, 0.2) is 12.1 Å². The molecule has 0 aliphatic rings. The third-order valence-electron chi connectivity index (χ3n) is 3.12. The Morgan fingerprint density at radius 1 is 1.40 bits per heavy atom. The minimum absolute atomic E-state index is 0.105. The van der Waals surface area contributed by atoms with E-state index >= 15 is 0 Å². The second-order valence-electron chi connectivity index (χ2n) is 4.49. The van der Waals surface area contributed by atoms with Gasteiger partial charge in [0.05, 0.1) is 16.8 Å². The molecule has 1 atom stereocenters. The maximum atomic E-state index is 12.2. The fourth-order valence-corrected chi connectivity index (χ4v) is 3.57. The van der Waals surface area contributed by atoms with Crippen LogP contribution >= 0.6 is 34.5 Å². The van der Waals surface area contributed by atoms with Crippen molar-refractivity contribution in [1.29, 1.82) is 0 Å². The molecule has 3 nitrogen and oxygen atoms in total. The van der Waals surface area contributed by atoms with Gasteiger partial charge >= 0.3 is 0 Å². The molecule has 20 heavy (non-hydrogen) atoms. The van der Waals surface area contributed by atoms with E-state index in [0.717, 1.165) is 16.5 Å². The Labute approximate surface area is 131 Å². The lowest BCUT2D eigenvalue weighted by Gasteiger charge is -2.10. The highest BCUT2D eigenvalue weighted by Gasteiger charge is 2.20. The summed E-state index contributed by atoms with van der Waals surface area (Å²) in [5.41, 5.74) is 0. The fraction of sp³-hybridized carbons (Fsp3) is 0.357. The summed E-state index contributed by atoms with van der Waals surface area (Å²) >= 11 is 13.8. The summed E-state index contributed by atoms with van der Waals surface area (Å²) < 4.78 is 5.94. The first-order valence-corrected chi connectivity index (χ1v) is 7.82. The van der Waals surface area contributed by atoms with Gasteiger partial charge in [0.1, 0.15) is 15.6 Å². The van der Waals surface area contributed by atoms with Gasteiger partial charge in [-0.15, -0.1) is 11.3 Å². The fourth-order valence-electron chi connectivity index (χ4n) is 1.77. The second kappa shape index (κ2) is 6.20. The highest BCUT2D eigenvalue weighted by atomic mass is 35.5. The van der Waals surface area contributed by atoms with E-state index in [1.54, 1.807) is 13.2 Å². The lowest BCUT2D eigenvalue weighted by molar-refractivity contribution is 0.0943. The Morgan fingerprint density at radius 2 is 2.10 bits per heavy atom. The van der Waals surface area contributed by atoms with Crippen LogP contribution in [0.5, 0.6) is 5.75 Å². The molecule has 1 unspecified atom stereocenters. The molecule has 1 aromatic carbocycles. The van der Waals surface area contributed by atoms with Crippen LogP contribution in [0.25, 0.3) is 10.1 Å². The van der Waals surface area contributed by atoms with E-state index in [9.17, 15) is 4.79 Å². The molecule has 1 amide bonds. The van der Waals surface area contributed by atoms with Gasteiger partial charge in [-0.25, -0.2) is 0 Å². The number of methoxy groups -OCH3 is 1. The molecule has 0 bridgehead atoms. The maximum absolute atomic E-state index is 12.2. The van der Waals surface area contributed by atoms with E-state index < -0.39 is 0 Å². The molecule has 0 spiro atoms. The maximum Gasteiger partial charge on any atom is 0.263 e. The third kappa shape index (κ3) is 2.73. The summed E-state index contributed by atoms with van der Waals surface area (Å²) in [6.45, 7) is 3.97. The van der Waals surface area contributed by atoms with Crippen molar-refractivity contribution in [3.8, 4) is 5.75 Å². The van der Waals surface area contributed by atoms with Gasteiger partial charge in [0.2, 0.25) is 0 Å². The Morgan fingerprint density at radius 3 is 2.70 bits per heavy atom. The predicted molar refractivity (Wildman–Crippen MR) is 85.6 cm³/mol. The molecule has 2 rings (SSSR count). The molecule has 1 N–H and O–H groups in total. The number of benzene rings is 1. The molecule has 0 fully saturated rings. The van der Waals surface area contributed by atoms with Crippen LogP contribution in [-0.2, 0) is 0 Å². The topological polar surface area (TPSA) is 38.3 Å². The number of thiophene rings is 1. The molecule has 0 aliphatic carbocycles. The largest absolute Gasteiger partial charge is 0.495 e. The SMILES string of the molecule is CCC(C)NC(=O)c1sc2c(Cl)c(OC)ccc2c1Cl. The summed E-state index contributed by atoms with van der Waals surface area (Å²) in [7, 11) is 1.55. The van der Waals surface area contributed by atoms with E-state index in [1.807, 2.05) is 19.9 Å². The molecule has 0 saturated heterocycles. The number of ether oxygens (including phenoxy) is 1. The standard InChI is InChI=1S/C14H15Cl2NO2S/c1-4-7(2)17-14(18)13-10(15)8-5-6-9(19-3)11(16)12(8)20-13/h5-7H,4H2,1-3H3,(H,17,18). The minimum atomic E-state index is -0.166. The van der Waals surface area contributed by atoms with Gasteiger partial charge in [-0.3, -0.25) is 4.79 Å². The van der Waals surface area contributed by atoms with Crippen molar-refractivity contribution in [2.45, 2.75) is 26.3 Å². The number of fused-ring (bicyclic) bond motifs is 1. The molecular weight excluding hydrogens is 317 g/mol. The van der Waals surface area contributed by atoms with Crippen molar-refractivity contribution >= 4 is 50.5 Å². The van der Waals surface area contributed by atoms with Crippen molar-refractivity contribution < 1.29 is 9.53 Å². The zero-order valence-electron chi connectivity index (χ0n) is 11.4. The van der Waals surface area contributed by atoms with Crippen LogP contribution in [0.1, 0.15) is 29.9 Å². The number of amides is 1. The van der Waals surface area contributed by atoms with E-state index in [2.05, 4.69) is 5.32 Å². The summed E-state index contributed by atoms with van der Waals surface area (Å²) in [6, 6.07) is 3.67. The molecule has 1 heterocycles. The minimum Gasteiger partial charge on any atom is -0.495 e. The molecule has 108 valence electrons. The first-order chi connectivity index (χ1) is 9.49. The molecule has 6 heteroatoms. The average Bonchev–Trinajstić information content (AvgIpc) is 2.77. The predicted octanol–water partition coefficient (Wildman–Crippen LogP) is 4.75. The van der Waals surface area contributed by atoms with Crippen LogP contribution in [0.3, 0.4) is 0 Å². The van der Waals surface area contributed by atoms with E-state index in [4.69, 9.17) is 27.9 Å². The summed E-state index contributed by atoms with van der Waals surface area (Å²) in [6.07, 6.45) is 0.864. The van der Waals surface area contributed by atoms with Crippen molar-refractivity contribution in [3.63, 3.8) is 0 Å². The summed E-state index contributed by atoms with van der Waals surface area (Å²) in [5.74, 6) is 0.409. The Bertz CT molecular complexity index is 654. The van der Waals surface area contributed by atoms with Crippen LogP contribution in [-0.4, -0.2) is 19.1 Å². The quantitative estimate of drug-likeness (QED) is 0.878. The zero-order chi connectivity index (χ0) is 14.9. The number of rotatable bonds is 4. The highest BCUT2D eigenvalue weighted by molar-refractivity contribution is 7.22. The Hall–Kier alpha value is -0.970. The van der Waals surface area contributed by atoms with Crippen molar-refractivity contribution in [2.24, 2.45) is 0 Å². The number of hydrogen-bond acceptors (Lipinski definition) is 3. The van der Waals surface area contributed by atoms with Crippen LogP contribution < -0.4 is 10.1 Å². The van der Waals surface area contributed by atoms with Gasteiger partial charge in [0.25, 0.3) is 5.91 Å². The molecule has 1 aromatic heterocycles. The smallest absolute Gasteiger partial charge is 0.263 e. The van der Waals surface area contributed by atoms with Crippen molar-refractivity contribution in [1.82, 2.24) is 5.32 Å². The van der Waals surface area contributed by atoms with Gasteiger partial charge in [0.15, 0.2) is 0 Å². The lowest BCUT2D eigenvalue weighted by atomic mass is 10.2. The summed E-state index contributed by atoms with van der Waals surface area (Å²) in [5, 5.41) is 4.61. The number of carbonyl (C=O) groups is 1. The number of nitrogens with one attached hydrogen (secondary N) is 1. The van der Waals surface area contributed by atoms with Gasteiger partial charge in [-0.05, 0) is 25.5 Å². The second-order valence-corrected chi connectivity index (χ2v) is 6.26. The summed E-state index contributed by atoms with van der Waals surface area (Å²) in [4.78, 5) is 12.7. The molecule has 0 radical (unpaired) electrons. The first-order valence-electron chi connectivity index (χ1n) is 6.24. The molecule has 0 aliphatic heterocycles. The van der Waals surface area contributed by atoms with Gasteiger partial charge in [-0.1, -0.05) is 30.1 Å². The van der Waals surface area contributed by atoms with E-state index in [0.29, 0.717) is 20.7 Å². The average molecular weight is 332 g/mol. The molecular formula is C14H15Cl2NO2S. The van der Waals surface area contributed by atoms with Crippen LogP contribution in [0.2, 0.25) is 10.0 Å². The third-order valence-corrected chi connectivity index (χ3v) is 5.33. The van der Waals surface area contributed by atoms with Crippen molar-refractivity contribution in [3.05, 3.63) is 27.1 Å². The zero-order valence-corrected chi connectivity index (χ0v) is 13.7. The van der Waals surface area contributed by atoms with Gasteiger partial charge < -0.3 is 10.1 Å². The number of halogens is 2. The number of hydrogen-bond donors (Lipinski definition) is 1. The Balaban J connectivity index is 2.48. The van der Waals surface area contributed by atoms with Crippen LogP contribution in [0.4, 0.5) is 0 Å². The molecule has 2 aromatic rings. The lowest BCUT2D eigenvalue weighted by Crippen LogP contribution is -2.31.